The first kappa shape index (κ1) is 29.8. The van der Waals surface area contributed by atoms with E-state index in [-0.39, 0.29) is 82.7 Å². The number of ether oxygens (including phenoxy) is 2. The minimum atomic E-state index is -2.70. The van der Waals surface area contributed by atoms with Crippen LogP contribution in [0.15, 0.2) is 30.5 Å². The Kier molecular flexibility index (Phi) is 6.29. The van der Waals surface area contributed by atoms with Crippen molar-refractivity contribution in [3.63, 3.8) is 0 Å². The molecule has 4 aromatic rings. The third-order valence-electron chi connectivity index (χ3n) is 11.2. The van der Waals surface area contributed by atoms with Gasteiger partial charge < -0.3 is 20.1 Å². The molecule has 13 heteroatoms. The van der Waals surface area contributed by atoms with E-state index in [1.54, 1.807) is 11.0 Å². The summed E-state index contributed by atoms with van der Waals surface area (Å²) in [6.07, 6.45) is 7.62. The Morgan fingerprint density at radius 3 is 2.77 bits per heavy atom. The van der Waals surface area contributed by atoms with Gasteiger partial charge in [0.15, 0.2) is 5.82 Å². The van der Waals surface area contributed by atoms with Crippen LogP contribution in [0.5, 0.6) is 6.01 Å². The van der Waals surface area contributed by atoms with Gasteiger partial charge in [0.25, 0.3) is 5.92 Å². The molecule has 3 aliphatic heterocycles. The third kappa shape index (κ3) is 4.24. The van der Waals surface area contributed by atoms with Gasteiger partial charge in [-0.2, -0.15) is 9.97 Å². The summed E-state index contributed by atoms with van der Waals surface area (Å²) in [6.45, 7) is 1.89. The van der Waals surface area contributed by atoms with Crippen molar-refractivity contribution in [1.82, 2.24) is 19.9 Å². The number of hydrogen-bond acceptors (Lipinski definition) is 8. The Labute approximate surface area is 272 Å². The monoisotopic (exact) mass is 662 g/mol. The third-order valence-corrected chi connectivity index (χ3v) is 11.2. The number of nitrogen functional groups attached to an aromatic ring is 1. The molecule has 5 aliphatic rings. The molecule has 2 aromatic heterocycles. The van der Waals surface area contributed by atoms with Crippen LogP contribution in [-0.2, 0) is 4.74 Å². The van der Waals surface area contributed by atoms with Crippen LogP contribution in [0.1, 0.15) is 31.2 Å². The number of benzene rings is 2. The number of halogens is 5. The molecule has 2 saturated carbocycles. The van der Waals surface area contributed by atoms with Gasteiger partial charge in [0.05, 0.1) is 41.2 Å². The Bertz CT molecular complexity index is 2070. The molecule has 0 amide bonds. The van der Waals surface area contributed by atoms with Gasteiger partial charge in [-0.25, -0.2) is 22.0 Å². The van der Waals surface area contributed by atoms with Crippen molar-refractivity contribution in [1.29, 1.82) is 0 Å². The van der Waals surface area contributed by atoms with Crippen molar-refractivity contribution in [3.8, 4) is 29.6 Å². The standard InChI is InChI=1S/C35H31F5N6O2/c1-2-20-24(36)5-4-18-10-19(41)11-21(25(18)20)28-27(38)29-22(12-42-28)31(46-8-9-47-13-23-26(37)30(23)46)44-32(43-29)48-17-34-6-3-7-45(34)16-33(14-34)15-35(33,39)40/h1,4-5,10-12,23,26,30H,3,6-9,13-17,41H2/t23-,26-,30-,33-,34-/m0/s1. The number of fused-ring (bicyclic) bond motifs is 4. The number of anilines is 2. The van der Waals surface area contributed by atoms with Gasteiger partial charge in [-0.1, -0.05) is 12.0 Å². The van der Waals surface area contributed by atoms with Crippen molar-refractivity contribution < 1.29 is 31.4 Å². The van der Waals surface area contributed by atoms with Crippen molar-refractivity contribution in [3.05, 3.63) is 47.7 Å². The van der Waals surface area contributed by atoms with Gasteiger partial charge in [-0.15, -0.1) is 6.42 Å². The summed E-state index contributed by atoms with van der Waals surface area (Å²) in [5, 5.41) is 0.988. The Morgan fingerprint density at radius 1 is 1.15 bits per heavy atom. The van der Waals surface area contributed by atoms with Crippen molar-refractivity contribution in [2.24, 2.45) is 11.3 Å². The summed E-state index contributed by atoms with van der Waals surface area (Å²) in [5.74, 6) is -1.97. The maximum Gasteiger partial charge on any atom is 0.319 e. The second-order valence-corrected chi connectivity index (χ2v) is 14.0. The van der Waals surface area contributed by atoms with E-state index in [2.05, 4.69) is 25.8 Å². The smallest absolute Gasteiger partial charge is 0.319 e. The Morgan fingerprint density at radius 2 is 1.98 bits per heavy atom. The first-order valence-corrected chi connectivity index (χ1v) is 16.1. The van der Waals surface area contributed by atoms with E-state index >= 15 is 4.39 Å². The van der Waals surface area contributed by atoms with Crippen LogP contribution >= 0.6 is 0 Å². The lowest BCUT2D eigenvalue weighted by Gasteiger charge is -2.31. The lowest BCUT2D eigenvalue weighted by atomic mass is 9.89. The number of alkyl halides is 3. The molecule has 8 nitrogen and oxygen atoms in total. The molecular formula is C35H31F5N6O2. The summed E-state index contributed by atoms with van der Waals surface area (Å²) in [6, 6.07) is 5.13. The van der Waals surface area contributed by atoms with E-state index in [0.717, 1.165) is 6.42 Å². The molecule has 5 heterocycles. The molecule has 248 valence electrons. The number of pyridine rings is 1. The zero-order chi connectivity index (χ0) is 33.2. The number of aromatic nitrogens is 3. The molecule has 2 aliphatic carbocycles. The minimum absolute atomic E-state index is 0.0426. The van der Waals surface area contributed by atoms with Crippen molar-refractivity contribution in [2.45, 2.75) is 49.4 Å². The van der Waals surface area contributed by atoms with Crippen LogP contribution in [0, 0.1) is 35.3 Å². The molecule has 2 N–H and O–H groups in total. The fourth-order valence-corrected chi connectivity index (χ4v) is 8.62. The number of nitrogens with two attached hydrogens (primary N) is 1. The molecule has 0 bridgehead atoms. The van der Waals surface area contributed by atoms with Crippen LogP contribution < -0.4 is 15.4 Å². The minimum Gasteiger partial charge on any atom is -0.461 e. The second-order valence-electron chi connectivity index (χ2n) is 14.0. The SMILES string of the molecule is C#Cc1c(F)ccc2cc(N)cc(-c3ncc4c(N5CCOC[C@H]6[C@H](F)[C@H]65)nc(OC[C@@]56CCCN5C[C@@]5(CC5(F)F)C6)nc4c3F)c12. The van der Waals surface area contributed by atoms with Crippen LogP contribution in [0.4, 0.5) is 33.5 Å². The highest BCUT2D eigenvalue weighted by Crippen LogP contribution is 2.69. The van der Waals surface area contributed by atoms with Crippen LogP contribution in [0.3, 0.4) is 0 Å². The van der Waals surface area contributed by atoms with Crippen LogP contribution in [-0.4, -0.2) is 83.0 Å². The molecule has 5 fully saturated rings. The van der Waals surface area contributed by atoms with Gasteiger partial charge in [0.2, 0.25) is 0 Å². The first-order valence-electron chi connectivity index (χ1n) is 16.1. The summed E-state index contributed by atoms with van der Waals surface area (Å²) < 4.78 is 87.5. The fraction of sp³-hybridized carbons (Fsp3) is 0.457. The summed E-state index contributed by atoms with van der Waals surface area (Å²) >= 11 is 0. The molecule has 1 spiro atoms. The van der Waals surface area contributed by atoms with E-state index in [0.29, 0.717) is 37.9 Å². The second kappa shape index (κ2) is 10.1. The lowest BCUT2D eigenvalue weighted by Crippen LogP contribution is -2.43. The fourth-order valence-electron chi connectivity index (χ4n) is 8.62. The van der Waals surface area contributed by atoms with Gasteiger partial charge in [-0.05, 0) is 49.4 Å². The van der Waals surface area contributed by atoms with E-state index in [1.807, 2.05) is 0 Å². The largest absolute Gasteiger partial charge is 0.461 e. The summed E-state index contributed by atoms with van der Waals surface area (Å²) in [5.41, 5.74) is 4.61. The molecule has 0 unspecified atom stereocenters. The maximum atomic E-state index is 16.9. The van der Waals surface area contributed by atoms with Gasteiger partial charge >= 0.3 is 6.01 Å². The van der Waals surface area contributed by atoms with Gasteiger partial charge in [0.1, 0.15) is 35.6 Å². The van der Waals surface area contributed by atoms with E-state index in [9.17, 15) is 17.6 Å². The normalized spacial score (nSPS) is 30.3. The van der Waals surface area contributed by atoms with E-state index < -0.39 is 40.7 Å². The van der Waals surface area contributed by atoms with Crippen molar-refractivity contribution >= 4 is 33.2 Å². The Hall–Kier alpha value is -4.28. The molecular weight excluding hydrogens is 631 g/mol. The highest BCUT2D eigenvalue weighted by Gasteiger charge is 2.77. The number of rotatable bonds is 5. The predicted octanol–water partition coefficient (Wildman–Crippen LogP) is 5.50. The average molecular weight is 663 g/mol. The van der Waals surface area contributed by atoms with E-state index in [4.69, 9.17) is 21.6 Å². The average Bonchev–Trinajstić information content (AvgIpc) is 3.75. The molecule has 5 atom stereocenters. The number of nitrogens with zero attached hydrogens (tertiary/aromatic N) is 5. The topological polar surface area (TPSA) is 89.6 Å². The first-order chi connectivity index (χ1) is 23.0. The highest BCUT2D eigenvalue weighted by molar-refractivity contribution is 6.03. The predicted molar refractivity (Wildman–Crippen MR) is 169 cm³/mol. The van der Waals surface area contributed by atoms with Crippen LogP contribution in [0.25, 0.3) is 32.9 Å². The molecule has 9 rings (SSSR count). The van der Waals surface area contributed by atoms with Crippen molar-refractivity contribution in [2.75, 3.05) is 50.1 Å². The summed E-state index contributed by atoms with van der Waals surface area (Å²) in [4.78, 5) is 17.5. The molecule has 0 radical (unpaired) electrons. The lowest BCUT2D eigenvalue weighted by molar-refractivity contribution is 0.0647. The highest BCUT2D eigenvalue weighted by atomic mass is 19.3. The zero-order valence-corrected chi connectivity index (χ0v) is 25.8. The van der Waals surface area contributed by atoms with Crippen LogP contribution in [0.2, 0.25) is 0 Å². The Balaban J connectivity index is 1.18. The number of hydrogen-bond donors (Lipinski definition) is 1. The molecule has 2 aromatic carbocycles. The molecule has 48 heavy (non-hydrogen) atoms. The summed E-state index contributed by atoms with van der Waals surface area (Å²) in [7, 11) is 0. The van der Waals surface area contributed by atoms with Gasteiger partial charge in [-0.3, -0.25) is 9.88 Å². The molecule has 3 saturated heterocycles. The quantitative estimate of drug-likeness (QED) is 0.170. The van der Waals surface area contributed by atoms with Gasteiger partial charge in [0, 0.05) is 48.3 Å². The maximum absolute atomic E-state index is 16.9. The number of terminal acetylenes is 1. The van der Waals surface area contributed by atoms with E-state index in [1.165, 1.54) is 24.4 Å². The zero-order valence-electron chi connectivity index (χ0n) is 25.8.